The SMILES string of the molecule is C#C.c1ccc([PH2](c2ccccc2)c2ccccc2)cc1. The quantitative estimate of drug-likeness (QED) is 0.513. The monoisotopic (exact) mass is 290 g/mol. The number of hydrogen-bond acceptors (Lipinski definition) is 0. The molecule has 0 aliphatic heterocycles. The Morgan fingerprint density at radius 3 is 0.905 bits per heavy atom. The van der Waals surface area contributed by atoms with Gasteiger partial charge in [-0.05, 0) is 0 Å². The molecule has 0 aromatic heterocycles. The summed E-state index contributed by atoms with van der Waals surface area (Å²) >= 11 is 0. The summed E-state index contributed by atoms with van der Waals surface area (Å²) < 4.78 is 0. The third kappa shape index (κ3) is 3.82. The molecule has 0 aliphatic carbocycles. The first-order chi connectivity index (χ1) is 10.4. The van der Waals surface area contributed by atoms with Crippen LogP contribution in [0, 0.1) is 12.8 Å². The van der Waals surface area contributed by atoms with Gasteiger partial charge in [0.05, 0.1) is 0 Å². The van der Waals surface area contributed by atoms with E-state index in [2.05, 4.69) is 104 Å². The van der Waals surface area contributed by atoms with Crippen molar-refractivity contribution in [2.75, 3.05) is 0 Å². The predicted molar refractivity (Wildman–Crippen MR) is 97.8 cm³/mol. The summed E-state index contributed by atoms with van der Waals surface area (Å²) in [6, 6.07) is 32.7. The number of benzene rings is 3. The maximum absolute atomic E-state index is 4.00. The first-order valence-electron chi connectivity index (χ1n) is 6.93. The fourth-order valence-corrected chi connectivity index (χ4v) is 5.49. The van der Waals surface area contributed by atoms with E-state index in [1.165, 1.54) is 15.9 Å². The van der Waals surface area contributed by atoms with Crippen LogP contribution in [0.4, 0.5) is 0 Å². The van der Waals surface area contributed by atoms with E-state index in [0.29, 0.717) is 0 Å². The summed E-state index contributed by atoms with van der Waals surface area (Å²) in [5.74, 6) is 0. The molecular weight excluding hydrogens is 271 g/mol. The van der Waals surface area contributed by atoms with Gasteiger partial charge in [0.1, 0.15) is 0 Å². The molecule has 21 heavy (non-hydrogen) atoms. The maximum atomic E-state index is 4.00. The number of terminal acetylenes is 1. The van der Waals surface area contributed by atoms with E-state index in [0.717, 1.165) is 0 Å². The van der Waals surface area contributed by atoms with Crippen LogP contribution >= 0.6 is 7.92 Å². The van der Waals surface area contributed by atoms with Crippen molar-refractivity contribution in [1.29, 1.82) is 0 Å². The van der Waals surface area contributed by atoms with Gasteiger partial charge in [-0.25, -0.2) is 0 Å². The van der Waals surface area contributed by atoms with Crippen molar-refractivity contribution >= 4 is 23.8 Å². The predicted octanol–water partition coefficient (Wildman–Crippen LogP) is 3.16. The first-order valence-corrected chi connectivity index (χ1v) is 8.66. The van der Waals surface area contributed by atoms with E-state index in [9.17, 15) is 0 Å². The molecular formula is C20H19P. The Kier molecular flexibility index (Phi) is 5.77. The van der Waals surface area contributed by atoms with Crippen molar-refractivity contribution in [2.24, 2.45) is 0 Å². The van der Waals surface area contributed by atoms with Crippen molar-refractivity contribution in [1.82, 2.24) is 0 Å². The molecule has 0 radical (unpaired) electrons. The topological polar surface area (TPSA) is 0 Å². The summed E-state index contributed by atoms with van der Waals surface area (Å²) in [4.78, 5) is 0. The van der Waals surface area contributed by atoms with E-state index in [-0.39, 0.29) is 0 Å². The number of hydrogen-bond donors (Lipinski definition) is 0. The second kappa shape index (κ2) is 8.05. The zero-order chi connectivity index (χ0) is 14.9. The van der Waals surface area contributed by atoms with Crippen LogP contribution in [0.3, 0.4) is 0 Å². The molecule has 0 spiro atoms. The Bertz CT molecular complexity index is 563. The summed E-state index contributed by atoms with van der Waals surface area (Å²) in [7, 11) is -1.31. The normalized spacial score (nSPS) is 10.1. The average Bonchev–Trinajstić information content (AvgIpc) is 2.60. The molecule has 3 rings (SSSR count). The van der Waals surface area contributed by atoms with E-state index in [1.54, 1.807) is 0 Å². The van der Waals surface area contributed by atoms with Gasteiger partial charge in [0.25, 0.3) is 0 Å². The van der Waals surface area contributed by atoms with E-state index >= 15 is 0 Å². The zero-order valence-electron chi connectivity index (χ0n) is 11.9. The molecule has 0 saturated heterocycles. The second-order valence-electron chi connectivity index (χ2n) is 4.67. The van der Waals surface area contributed by atoms with Crippen LogP contribution < -0.4 is 15.9 Å². The van der Waals surface area contributed by atoms with Crippen molar-refractivity contribution in [2.45, 2.75) is 0 Å². The zero-order valence-corrected chi connectivity index (χ0v) is 13.0. The summed E-state index contributed by atoms with van der Waals surface area (Å²) in [6.07, 6.45) is 8.00. The molecule has 3 aromatic rings. The van der Waals surface area contributed by atoms with Gasteiger partial charge in [0.2, 0.25) is 0 Å². The third-order valence-electron chi connectivity index (χ3n) is 3.40. The molecule has 0 amide bonds. The summed E-state index contributed by atoms with van der Waals surface area (Å²) in [5.41, 5.74) is 0. The standard InChI is InChI=1S/C18H17P.C2H2/c1-4-10-16(11-5-1)19(17-12-6-2-7-13-17)18-14-8-3-9-15-18;1-2/h1-15H,19H2;1-2H. The van der Waals surface area contributed by atoms with Crippen LogP contribution in [-0.4, -0.2) is 0 Å². The molecule has 0 fully saturated rings. The Labute approximate surface area is 128 Å². The van der Waals surface area contributed by atoms with Gasteiger partial charge in [-0.1, -0.05) is 0 Å². The Morgan fingerprint density at radius 2 is 0.667 bits per heavy atom. The van der Waals surface area contributed by atoms with E-state index in [1.807, 2.05) is 0 Å². The molecule has 0 nitrogen and oxygen atoms in total. The molecule has 3 aromatic carbocycles. The van der Waals surface area contributed by atoms with Crippen LogP contribution in [0.15, 0.2) is 91.0 Å². The second-order valence-corrected chi connectivity index (χ2v) is 7.53. The van der Waals surface area contributed by atoms with Crippen molar-refractivity contribution in [3.63, 3.8) is 0 Å². The molecule has 0 N–H and O–H groups in total. The minimum atomic E-state index is -1.31. The van der Waals surface area contributed by atoms with Crippen LogP contribution in [0.5, 0.6) is 0 Å². The molecule has 0 aliphatic rings. The Morgan fingerprint density at radius 1 is 0.429 bits per heavy atom. The fraction of sp³-hybridized carbons (Fsp3) is 0. The molecule has 1 heteroatoms. The van der Waals surface area contributed by atoms with Gasteiger partial charge in [0.15, 0.2) is 0 Å². The van der Waals surface area contributed by atoms with Crippen molar-refractivity contribution in [3.8, 4) is 12.8 Å². The summed E-state index contributed by atoms with van der Waals surface area (Å²) in [5, 5.41) is 4.42. The van der Waals surface area contributed by atoms with Gasteiger partial charge in [-0.15, -0.1) is 12.8 Å². The van der Waals surface area contributed by atoms with Gasteiger partial charge in [-0.3, -0.25) is 0 Å². The minimum absolute atomic E-state index is 1.31. The van der Waals surface area contributed by atoms with E-state index < -0.39 is 7.92 Å². The molecule has 0 saturated carbocycles. The Hall–Kier alpha value is -2.35. The van der Waals surface area contributed by atoms with Gasteiger partial charge in [-0.2, -0.15) is 0 Å². The fourth-order valence-electron chi connectivity index (χ4n) is 2.51. The van der Waals surface area contributed by atoms with Crippen LogP contribution in [-0.2, 0) is 0 Å². The van der Waals surface area contributed by atoms with Gasteiger partial charge < -0.3 is 0 Å². The molecule has 0 bridgehead atoms. The summed E-state index contributed by atoms with van der Waals surface area (Å²) in [6.45, 7) is 0. The van der Waals surface area contributed by atoms with Crippen LogP contribution in [0.25, 0.3) is 0 Å². The number of rotatable bonds is 3. The molecule has 0 atom stereocenters. The van der Waals surface area contributed by atoms with Gasteiger partial charge >= 0.3 is 115 Å². The van der Waals surface area contributed by atoms with Crippen molar-refractivity contribution < 1.29 is 0 Å². The Balaban J connectivity index is 0.000000774. The molecule has 104 valence electrons. The van der Waals surface area contributed by atoms with E-state index in [4.69, 9.17) is 0 Å². The first kappa shape index (κ1) is 15.0. The van der Waals surface area contributed by atoms with Crippen molar-refractivity contribution in [3.05, 3.63) is 91.0 Å². The van der Waals surface area contributed by atoms with Crippen LogP contribution in [0.2, 0.25) is 0 Å². The third-order valence-corrected chi connectivity index (χ3v) is 6.55. The average molecular weight is 290 g/mol. The van der Waals surface area contributed by atoms with Crippen LogP contribution in [0.1, 0.15) is 0 Å². The molecule has 0 heterocycles. The molecule has 0 unspecified atom stereocenters. The van der Waals surface area contributed by atoms with Gasteiger partial charge in [0, 0.05) is 0 Å².